The maximum absolute atomic E-state index is 11.2. The smallest absolute Gasteiger partial charge is 0.238 e. The highest BCUT2D eigenvalue weighted by Gasteiger charge is 2.22. The van der Waals surface area contributed by atoms with Crippen molar-refractivity contribution in [2.24, 2.45) is 11.1 Å². The van der Waals surface area contributed by atoms with Crippen LogP contribution in [0, 0.1) is 12.8 Å². The third-order valence-electron chi connectivity index (χ3n) is 2.64. The summed E-state index contributed by atoms with van der Waals surface area (Å²) < 4.78 is 27.9. The fraction of sp³-hybridized carbons (Fsp3) is 0.455. The van der Waals surface area contributed by atoms with E-state index in [1.54, 1.807) is 19.1 Å². The molecule has 0 aliphatic heterocycles. The van der Waals surface area contributed by atoms with E-state index in [9.17, 15) is 8.42 Å². The lowest BCUT2D eigenvalue weighted by Gasteiger charge is -2.08. The van der Waals surface area contributed by atoms with Crippen LogP contribution in [0.5, 0.6) is 5.75 Å². The van der Waals surface area contributed by atoms with Crippen molar-refractivity contribution in [3.05, 3.63) is 23.8 Å². The van der Waals surface area contributed by atoms with Crippen LogP contribution >= 0.6 is 0 Å². The van der Waals surface area contributed by atoms with Crippen LogP contribution in [0.4, 0.5) is 0 Å². The topological polar surface area (TPSA) is 69.4 Å². The van der Waals surface area contributed by atoms with E-state index in [-0.39, 0.29) is 4.90 Å². The van der Waals surface area contributed by atoms with Gasteiger partial charge in [-0.1, -0.05) is 0 Å². The number of hydrogen-bond acceptors (Lipinski definition) is 3. The first-order valence-electron chi connectivity index (χ1n) is 5.23. The minimum atomic E-state index is -3.62. The Morgan fingerprint density at radius 1 is 1.44 bits per heavy atom. The first kappa shape index (κ1) is 11.4. The quantitative estimate of drug-likeness (QED) is 0.867. The standard InChI is InChI=1S/C11H15NO3S/c1-8-6-10(15-7-9-2-3-9)4-5-11(8)16(12,13)14/h4-6,9H,2-3,7H2,1H3,(H2,12,13,14). The molecule has 0 heterocycles. The zero-order valence-electron chi connectivity index (χ0n) is 9.14. The molecule has 0 radical (unpaired) electrons. The maximum Gasteiger partial charge on any atom is 0.238 e. The van der Waals surface area contributed by atoms with Gasteiger partial charge in [0.2, 0.25) is 10.0 Å². The fourth-order valence-corrected chi connectivity index (χ4v) is 2.29. The van der Waals surface area contributed by atoms with Gasteiger partial charge in [-0.15, -0.1) is 0 Å². The SMILES string of the molecule is Cc1cc(OCC2CC2)ccc1S(N)(=O)=O. The summed E-state index contributed by atoms with van der Waals surface area (Å²) in [6.45, 7) is 2.43. The van der Waals surface area contributed by atoms with Crippen molar-refractivity contribution in [3.63, 3.8) is 0 Å². The number of primary sulfonamides is 1. The Bertz CT molecular complexity index is 492. The molecular weight excluding hydrogens is 226 g/mol. The number of ether oxygens (including phenoxy) is 1. The van der Waals surface area contributed by atoms with Gasteiger partial charge in [0, 0.05) is 0 Å². The lowest BCUT2D eigenvalue weighted by Crippen LogP contribution is -2.13. The van der Waals surface area contributed by atoms with Crippen LogP contribution < -0.4 is 9.88 Å². The van der Waals surface area contributed by atoms with Gasteiger partial charge in [0.15, 0.2) is 0 Å². The van der Waals surface area contributed by atoms with E-state index in [1.807, 2.05) is 0 Å². The second kappa shape index (κ2) is 4.07. The number of hydrogen-bond donors (Lipinski definition) is 1. The fourth-order valence-electron chi connectivity index (χ4n) is 1.53. The van der Waals surface area contributed by atoms with Gasteiger partial charge >= 0.3 is 0 Å². The van der Waals surface area contributed by atoms with Crippen molar-refractivity contribution in [2.45, 2.75) is 24.7 Å². The molecule has 2 N–H and O–H groups in total. The van der Waals surface area contributed by atoms with Gasteiger partial charge in [-0.25, -0.2) is 13.6 Å². The molecule has 1 aromatic carbocycles. The molecule has 88 valence electrons. The average molecular weight is 241 g/mol. The van der Waals surface area contributed by atoms with Crippen molar-refractivity contribution in [1.82, 2.24) is 0 Å². The molecule has 2 rings (SSSR count). The van der Waals surface area contributed by atoms with E-state index >= 15 is 0 Å². The Labute approximate surface area is 95.5 Å². The molecule has 16 heavy (non-hydrogen) atoms. The highest BCUT2D eigenvalue weighted by atomic mass is 32.2. The van der Waals surface area contributed by atoms with Crippen LogP contribution in [0.15, 0.2) is 23.1 Å². The normalized spacial score (nSPS) is 16.1. The Balaban J connectivity index is 2.15. The molecule has 0 unspecified atom stereocenters. The van der Waals surface area contributed by atoms with Crippen LogP contribution in [-0.4, -0.2) is 15.0 Å². The molecule has 1 aliphatic rings. The van der Waals surface area contributed by atoms with Gasteiger partial charge in [0.1, 0.15) is 5.75 Å². The summed E-state index contributed by atoms with van der Waals surface area (Å²) in [6.07, 6.45) is 2.46. The number of benzene rings is 1. The summed E-state index contributed by atoms with van der Waals surface area (Å²) in [6, 6.07) is 4.85. The molecule has 0 aromatic heterocycles. The highest BCUT2D eigenvalue weighted by molar-refractivity contribution is 7.89. The lowest BCUT2D eigenvalue weighted by molar-refractivity contribution is 0.299. The predicted octanol–water partition coefficient (Wildman–Crippen LogP) is 1.43. The summed E-state index contributed by atoms with van der Waals surface area (Å²) in [4.78, 5) is 0.159. The Morgan fingerprint density at radius 2 is 2.12 bits per heavy atom. The van der Waals surface area contributed by atoms with Crippen LogP contribution in [0.2, 0.25) is 0 Å². The number of aryl methyl sites for hydroxylation is 1. The molecule has 5 heteroatoms. The van der Waals surface area contributed by atoms with Crippen LogP contribution in [0.3, 0.4) is 0 Å². The molecule has 1 fully saturated rings. The molecular formula is C11H15NO3S. The van der Waals surface area contributed by atoms with Crippen molar-refractivity contribution < 1.29 is 13.2 Å². The monoisotopic (exact) mass is 241 g/mol. The third-order valence-corrected chi connectivity index (χ3v) is 3.71. The number of rotatable bonds is 4. The van der Waals surface area contributed by atoms with E-state index in [0.29, 0.717) is 23.8 Å². The van der Waals surface area contributed by atoms with Gasteiger partial charge in [-0.2, -0.15) is 0 Å². The van der Waals surface area contributed by atoms with Crippen LogP contribution in [0.25, 0.3) is 0 Å². The van der Waals surface area contributed by atoms with E-state index in [0.717, 1.165) is 0 Å². The van der Waals surface area contributed by atoms with Gasteiger partial charge < -0.3 is 4.74 Å². The number of nitrogens with two attached hydrogens (primary N) is 1. The summed E-state index contributed by atoms with van der Waals surface area (Å²) >= 11 is 0. The van der Waals surface area contributed by atoms with Gasteiger partial charge in [-0.3, -0.25) is 0 Å². The van der Waals surface area contributed by atoms with Crippen molar-refractivity contribution in [1.29, 1.82) is 0 Å². The van der Waals surface area contributed by atoms with Crippen molar-refractivity contribution >= 4 is 10.0 Å². The first-order valence-corrected chi connectivity index (χ1v) is 6.78. The molecule has 1 aromatic rings. The summed E-state index contributed by atoms with van der Waals surface area (Å²) in [7, 11) is -3.62. The lowest BCUT2D eigenvalue weighted by atomic mass is 10.2. The van der Waals surface area contributed by atoms with E-state index in [2.05, 4.69) is 0 Å². The van der Waals surface area contributed by atoms with Crippen LogP contribution in [-0.2, 0) is 10.0 Å². The Morgan fingerprint density at radius 3 is 2.62 bits per heavy atom. The molecule has 4 nitrogen and oxygen atoms in total. The van der Waals surface area contributed by atoms with E-state index < -0.39 is 10.0 Å². The minimum absolute atomic E-state index is 0.159. The second-order valence-electron chi connectivity index (χ2n) is 4.23. The molecule has 0 bridgehead atoms. The summed E-state index contributed by atoms with van der Waals surface area (Å²) in [5.41, 5.74) is 0.621. The van der Waals surface area contributed by atoms with E-state index in [1.165, 1.54) is 18.9 Å². The zero-order valence-corrected chi connectivity index (χ0v) is 9.96. The Kier molecular flexibility index (Phi) is 2.90. The third kappa shape index (κ3) is 2.74. The molecule has 1 aliphatic carbocycles. The van der Waals surface area contributed by atoms with Gasteiger partial charge in [0.05, 0.1) is 11.5 Å². The molecule has 0 saturated heterocycles. The average Bonchev–Trinajstić information content (AvgIpc) is 2.96. The summed E-state index contributed by atoms with van der Waals surface area (Å²) in [5.74, 6) is 1.38. The van der Waals surface area contributed by atoms with Gasteiger partial charge in [-0.05, 0) is 49.4 Å². The molecule has 0 amide bonds. The largest absolute Gasteiger partial charge is 0.493 e. The minimum Gasteiger partial charge on any atom is -0.493 e. The second-order valence-corrected chi connectivity index (χ2v) is 5.76. The van der Waals surface area contributed by atoms with Gasteiger partial charge in [0.25, 0.3) is 0 Å². The van der Waals surface area contributed by atoms with Crippen molar-refractivity contribution in [3.8, 4) is 5.75 Å². The zero-order chi connectivity index (χ0) is 11.8. The van der Waals surface area contributed by atoms with Crippen molar-refractivity contribution in [2.75, 3.05) is 6.61 Å². The Hall–Kier alpha value is -1.07. The molecule has 0 spiro atoms. The number of sulfonamides is 1. The molecule has 1 saturated carbocycles. The maximum atomic E-state index is 11.2. The molecule has 0 atom stereocenters. The predicted molar refractivity (Wildman–Crippen MR) is 60.8 cm³/mol. The van der Waals surface area contributed by atoms with Crippen LogP contribution in [0.1, 0.15) is 18.4 Å². The van der Waals surface area contributed by atoms with E-state index in [4.69, 9.17) is 9.88 Å². The first-order chi connectivity index (χ1) is 7.47. The highest BCUT2D eigenvalue weighted by Crippen LogP contribution is 2.30. The summed E-state index contributed by atoms with van der Waals surface area (Å²) in [5, 5.41) is 5.07.